The van der Waals surface area contributed by atoms with E-state index in [-0.39, 0.29) is 17.7 Å². The van der Waals surface area contributed by atoms with Crippen molar-refractivity contribution in [1.29, 1.82) is 0 Å². The smallest absolute Gasteiger partial charge is 0.246 e. The maximum Gasteiger partial charge on any atom is 0.246 e. The van der Waals surface area contributed by atoms with Crippen molar-refractivity contribution in [1.82, 2.24) is 0 Å². The van der Waals surface area contributed by atoms with Crippen LogP contribution < -0.4 is 16.0 Å². The zero-order chi connectivity index (χ0) is 19.4. The Morgan fingerprint density at radius 3 is 2.15 bits per heavy atom. The Labute approximate surface area is 160 Å². The minimum Gasteiger partial charge on any atom is -0.374 e. The van der Waals surface area contributed by atoms with Crippen molar-refractivity contribution in [2.45, 2.75) is 45.6 Å². The zero-order valence-electron chi connectivity index (χ0n) is 16.1. The molecule has 2 aromatic rings. The van der Waals surface area contributed by atoms with E-state index < -0.39 is 6.04 Å². The van der Waals surface area contributed by atoms with E-state index in [1.165, 1.54) is 0 Å². The number of nitrogens with one attached hydrogen (secondary N) is 3. The second kappa shape index (κ2) is 8.25. The first kappa shape index (κ1) is 19.0. The van der Waals surface area contributed by atoms with Gasteiger partial charge in [-0.3, -0.25) is 9.59 Å². The lowest BCUT2D eigenvalue weighted by atomic mass is 10.0. The number of carbonyl (C=O) groups is 2. The maximum atomic E-state index is 12.6. The summed E-state index contributed by atoms with van der Waals surface area (Å²) in [6, 6.07) is 14.9. The highest BCUT2D eigenvalue weighted by Crippen LogP contribution is 2.30. The van der Waals surface area contributed by atoms with Crippen molar-refractivity contribution in [3.63, 3.8) is 0 Å². The summed E-state index contributed by atoms with van der Waals surface area (Å²) in [4.78, 5) is 24.4. The predicted molar refractivity (Wildman–Crippen MR) is 110 cm³/mol. The molecule has 3 N–H and O–H groups in total. The third-order valence-corrected chi connectivity index (χ3v) is 4.72. The summed E-state index contributed by atoms with van der Waals surface area (Å²) in [6.45, 7) is 6.04. The van der Waals surface area contributed by atoms with Crippen molar-refractivity contribution < 1.29 is 9.59 Å². The first-order chi connectivity index (χ1) is 12.9. The van der Waals surface area contributed by atoms with Gasteiger partial charge in [0.05, 0.1) is 0 Å². The van der Waals surface area contributed by atoms with Crippen molar-refractivity contribution in [2.75, 3.05) is 16.0 Å². The minimum atomic E-state index is -0.392. The van der Waals surface area contributed by atoms with Gasteiger partial charge in [0.25, 0.3) is 0 Å². The average Bonchev–Trinajstić information content (AvgIpc) is 3.49. The van der Waals surface area contributed by atoms with Crippen LogP contribution in [-0.2, 0) is 9.59 Å². The highest BCUT2D eigenvalue weighted by atomic mass is 16.2. The summed E-state index contributed by atoms with van der Waals surface area (Å²) in [5.74, 6) is 0.518. The molecule has 142 valence electrons. The molecule has 1 aliphatic carbocycles. The molecule has 1 fully saturated rings. The Kier molecular flexibility index (Phi) is 5.79. The van der Waals surface area contributed by atoms with E-state index in [2.05, 4.69) is 29.8 Å². The van der Waals surface area contributed by atoms with E-state index >= 15 is 0 Å². The molecule has 0 spiro atoms. The van der Waals surface area contributed by atoms with Gasteiger partial charge >= 0.3 is 0 Å². The Morgan fingerprint density at radius 1 is 0.889 bits per heavy atom. The summed E-state index contributed by atoms with van der Waals surface area (Å²) in [5, 5.41) is 9.12. The number of para-hydroxylation sites is 1. The monoisotopic (exact) mass is 365 g/mol. The Balaban J connectivity index is 1.57. The first-order valence-corrected chi connectivity index (χ1v) is 9.51. The minimum absolute atomic E-state index is 0.0887. The van der Waals surface area contributed by atoms with Gasteiger partial charge in [-0.1, -0.05) is 32.0 Å². The molecule has 1 aliphatic rings. The van der Waals surface area contributed by atoms with Crippen molar-refractivity contribution in [2.24, 2.45) is 5.92 Å². The first-order valence-electron chi connectivity index (χ1n) is 9.51. The molecule has 2 aromatic carbocycles. The fourth-order valence-corrected chi connectivity index (χ4v) is 2.91. The third-order valence-electron chi connectivity index (χ3n) is 4.72. The number of hydrogen-bond acceptors (Lipinski definition) is 3. The van der Waals surface area contributed by atoms with Gasteiger partial charge in [-0.15, -0.1) is 0 Å². The molecule has 0 aromatic heterocycles. The quantitative estimate of drug-likeness (QED) is 0.672. The largest absolute Gasteiger partial charge is 0.374 e. The summed E-state index contributed by atoms with van der Waals surface area (Å²) < 4.78 is 0. The van der Waals surface area contributed by atoms with Crippen LogP contribution in [-0.4, -0.2) is 17.9 Å². The van der Waals surface area contributed by atoms with E-state index in [1.54, 1.807) is 0 Å². The molecule has 3 rings (SSSR count). The van der Waals surface area contributed by atoms with Crippen LogP contribution in [0.3, 0.4) is 0 Å². The number of carbonyl (C=O) groups excluding carboxylic acids is 2. The highest BCUT2D eigenvalue weighted by molar-refractivity contribution is 5.97. The van der Waals surface area contributed by atoms with Crippen LogP contribution in [0, 0.1) is 5.92 Å². The molecule has 5 nitrogen and oxygen atoms in total. The predicted octanol–water partition coefficient (Wildman–Crippen LogP) is 4.60. The van der Waals surface area contributed by atoms with Gasteiger partial charge in [-0.05, 0) is 61.6 Å². The van der Waals surface area contributed by atoms with Crippen LogP contribution in [0.1, 0.15) is 45.1 Å². The van der Waals surface area contributed by atoms with Crippen molar-refractivity contribution >= 4 is 28.9 Å². The van der Waals surface area contributed by atoms with E-state index in [1.807, 2.05) is 55.5 Å². The molecule has 0 saturated heterocycles. The maximum absolute atomic E-state index is 12.6. The van der Waals surface area contributed by atoms with Gasteiger partial charge in [0.1, 0.15) is 6.04 Å². The normalized spacial score (nSPS) is 14.5. The molecule has 0 aliphatic heterocycles. The molecular weight excluding hydrogens is 338 g/mol. The lowest BCUT2D eigenvalue weighted by Gasteiger charge is -2.18. The molecule has 2 amide bonds. The lowest BCUT2D eigenvalue weighted by Crippen LogP contribution is -2.32. The molecule has 0 bridgehead atoms. The van der Waals surface area contributed by atoms with Crippen molar-refractivity contribution in [3.8, 4) is 0 Å². The van der Waals surface area contributed by atoms with Crippen LogP contribution in [0.2, 0.25) is 0 Å². The van der Waals surface area contributed by atoms with Gasteiger partial charge < -0.3 is 16.0 Å². The summed E-state index contributed by atoms with van der Waals surface area (Å²) in [5.41, 5.74) is 3.58. The van der Waals surface area contributed by atoms with Crippen LogP contribution in [0.25, 0.3) is 0 Å². The fraction of sp³-hybridized carbons (Fsp3) is 0.364. The molecular formula is C22H27N3O2. The Bertz CT molecular complexity index is 811. The summed E-state index contributed by atoms with van der Waals surface area (Å²) in [6.07, 6.45) is 1.97. The third kappa shape index (κ3) is 5.09. The Hall–Kier alpha value is -2.82. The molecule has 1 saturated carbocycles. The zero-order valence-corrected chi connectivity index (χ0v) is 16.1. The molecule has 0 radical (unpaired) electrons. The number of anilines is 3. The second-order valence-corrected chi connectivity index (χ2v) is 7.44. The van der Waals surface area contributed by atoms with Crippen molar-refractivity contribution in [3.05, 3.63) is 54.1 Å². The number of rotatable bonds is 7. The number of hydrogen-bond donors (Lipinski definition) is 3. The summed E-state index contributed by atoms with van der Waals surface area (Å²) in [7, 11) is 0. The van der Waals surface area contributed by atoms with Crippen LogP contribution in [0.15, 0.2) is 48.5 Å². The number of benzene rings is 2. The highest BCUT2D eigenvalue weighted by Gasteiger charge is 2.29. The van der Waals surface area contributed by atoms with Crippen LogP contribution in [0.4, 0.5) is 17.1 Å². The van der Waals surface area contributed by atoms with Gasteiger partial charge in [0.2, 0.25) is 11.8 Å². The van der Waals surface area contributed by atoms with Gasteiger partial charge in [-0.25, -0.2) is 0 Å². The molecule has 5 heteroatoms. The molecule has 1 unspecified atom stereocenters. The van der Waals surface area contributed by atoms with E-state index in [0.29, 0.717) is 5.92 Å². The van der Waals surface area contributed by atoms with Crippen LogP contribution >= 0.6 is 0 Å². The topological polar surface area (TPSA) is 70.2 Å². The standard InChI is InChI=1S/C22H27N3O2/c1-14(2)19-6-4-5-7-20(19)25-21(26)15(3)23-17-10-12-18(13-11-17)24-22(27)16-8-9-16/h4-7,10-16,23H,8-9H2,1-3H3,(H,24,27)(H,25,26). The van der Waals surface area contributed by atoms with Gasteiger partial charge in [0, 0.05) is 23.0 Å². The molecule has 1 atom stereocenters. The average molecular weight is 365 g/mol. The van der Waals surface area contributed by atoms with E-state index in [4.69, 9.17) is 0 Å². The summed E-state index contributed by atoms with van der Waals surface area (Å²) >= 11 is 0. The second-order valence-electron chi connectivity index (χ2n) is 7.44. The molecule has 0 heterocycles. The lowest BCUT2D eigenvalue weighted by molar-refractivity contribution is -0.117. The fourth-order valence-electron chi connectivity index (χ4n) is 2.91. The van der Waals surface area contributed by atoms with Gasteiger partial charge in [0.15, 0.2) is 0 Å². The van der Waals surface area contributed by atoms with E-state index in [9.17, 15) is 9.59 Å². The SMILES string of the molecule is CC(Nc1ccc(NC(=O)C2CC2)cc1)C(=O)Nc1ccccc1C(C)C. The van der Waals surface area contributed by atoms with Crippen LogP contribution in [0.5, 0.6) is 0 Å². The molecule has 27 heavy (non-hydrogen) atoms. The van der Waals surface area contributed by atoms with E-state index in [0.717, 1.165) is 35.5 Å². The number of amides is 2. The Morgan fingerprint density at radius 2 is 1.52 bits per heavy atom. The van der Waals surface area contributed by atoms with Gasteiger partial charge in [-0.2, -0.15) is 0 Å².